The summed E-state index contributed by atoms with van der Waals surface area (Å²) >= 11 is 6.55. The van der Waals surface area contributed by atoms with Crippen LogP contribution >= 0.6 is 11.6 Å². The van der Waals surface area contributed by atoms with Gasteiger partial charge >= 0.3 is 0 Å². The number of alkyl halides is 1. The second kappa shape index (κ2) is 5.23. The summed E-state index contributed by atoms with van der Waals surface area (Å²) in [5.74, 6) is 0.573. The van der Waals surface area contributed by atoms with Crippen molar-refractivity contribution in [2.45, 2.75) is 57.2 Å². The van der Waals surface area contributed by atoms with Crippen LogP contribution in [0.25, 0.3) is 0 Å². The first-order chi connectivity index (χ1) is 7.70. The standard InChI is InChI=1S/C15H21Cl/c1-11-7-6-9-13(12(11)2)14-8-4-3-5-10-15(14)16/h6-7,9,14-15H,3-5,8,10H2,1-2H3. The second-order valence-electron chi connectivity index (χ2n) is 5.05. The van der Waals surface area contributed by atoms with Crippen LogP contribution < -0.4 is 0 Å². The molecule has 0 saturated heterocycles. The average molecular weight is 237 g/mol. The van der Waals surface area contributed by atoms with Crippen molar-refractivity contribution in [3.63, 3.8) is 0 Å². The fraction of sp³-hybridized carbons (Fsp3) is 0.600. The molecule has 2 rings (SSSR count). The van der Waals surface area contributed by atoms with Crippen LogP contribution in [0.1, 0.15) is 54.7 Å². The van der Waals surface area contributed by atoms with E-state index >= 15 is 0 Å². The summed E-state index contributed by atoms with van der Waals surface area (Å²) in [6.45, 7) is 4.43. The van der Waals surface area contributed by atoms with E-state index in [0.29, 0.717) is 11.3 Å². The fourth-order valence-corrected chi connectivity index (χ4v) is 3.20. The number of hydrogen-bond donors (Lipinski definition) is 0. The van der Waals surface area contributed by atoms with Gasteiger partial charge in [-0.2, -0.15) is 0 Å². The van der Waals surface area contributed by atoms with E-state index in [1.54, 1.807) is 0 Å². The maximum atomic E-state index is 6.55. The summed E-state index contributed by atoms with van der Waals surface area (Å²) in [6, 6.07) is 6.64. The van der Waals surface area contributed by atoms with Crippen LogP contribution in [0.4, 0.5) is 0 Å². The van der Waals surface area contributed by atoms with Crippen molar-refractivity contribution in [1.82, 2.24) is 0 Å². The lowest BCUT2D eigenvalue weighted by atomic mass is 9.87. The number of hydrogen-bond acceptors (Lipinski definition) is 0. The van der Waals surface area contributed by atoms with E-state index in [-0.39, 0.29) is 0 Å². The van der Waals surface area contributed by atoms with Crippen LogP contribution in [0.3, 0.4) is 0 Å². The molecular weight excluding hydrogens is 216 g/mol. The minimum absolute atomic E-state index is 0.336. The molecule has 1 saturated carbocycles. The van der Waals surface area contributed by atoms with E-state index in [1.165, 1.54) is 48.8 Å². The van der Waals surface area contributed by atoms with E-state index in [4.69, 9.17) is 11.6 Å². The maximum absolute atomic E-state index is 6.55. The van der Waals surface area contributed by atoms with E-state index in [9.17, 15) is 0 Å². The molecule has 88 valence electrons. The minimum Gasteiger partial charge on any atom is -0.122 e. The van der Waals surface area contributed by atoms with Crippen molar-refractivity contribution in [3.8, 4) is 0 Å². The molecule has 0 bridgehead atoms. The Balaban J connectivity index is 2.30. The zero-order chi connectivity index (χ0) is 11.5. The number of benzene rings is 1. The topological polar surface area (TPSA) is 0 Å². The monoisotopic (exact) mass is 236 g/mol. The third-order valence-electron chi connectivity index (χ3n) is 3.98. The van der Waals surface area contributed by atoms with Gasteiger partial charge in [-0.15, -0.1) is 11.6 Å². The van der Waals surface area contributed by atoms with Crippen LogP contribution in [0.15, 0.2) is 18.2 Å². The van der Waals surface area contributed by atoms with Crippen LogP contribution in [0.5, 0.6) is 0 Å². The van der Waals surface area contributed by atoms with E-state index < -0.39 is 0 Å². The SMILES string of the molecule is Cc1cccc(C2CCCCCC2Cl)c1C. The van der Waals surface area contributed by atoms with Gasteiger partial charge < -0.3 is 0 Å². The Labute approximate surface area is 104 Å². The Morgan fingerprint density at radius 2 is 1.81 bits per heavy atom. The van der Waals surface area contributed by atoms with Crippen molar-refractivity contribution in [3.05, 3.63) is 34.9 Å². The molecule has 1 aliphatic carbocycles. The number of aryl methyl sites for hydroxylation is 1. The first-order valence-electron chi connectivity index (χ1n) is 6.40. The van der Waals surface area contributed by atoms with Gasteiger partial charge in [-0.05, 0) is 43.4 Å². The Bertz CT molecular complexity index is 356. The first kappa shape index (κ1) is 12.0. The first-order valence-corrected chi connectivity index (χ1v) is 6.84. The van der Waals surface area contributed by atoms with E-state index in [0.717, 1.165) is 0 Å². The predicted octanol–water partition coefficient (Wildman–Crippen LogP) is 4.96. The molecule has 1 aromatic carbocycles. The fourth-order valence-electron chi connectivity index (χ4n) is 2.79. The lowest BCUT2D eigenvalue weighted by Gasteiger charge is -2.22. The lowest BCUT2D eigenvalue weighted by Crippen LogP contribution is -2.12. The number of halogens is 1. The summed E-state index contributed by atoms with van der Waals surface area (Å²) in [6.07, 6.45) is 6.43. The van der Waals surface area contributed by atoms with Gasteiger partial charge in [0.2, 0.25) is 0 Å². The van der Waals surface area contributed by atoms with Gasteiger partial charge in [-0.1, -0.05) is 37.5 Å². The second-order valence-corrected chi connectivity index (χ2v) is 5.61. The minimum atomic E-state index is 0.336. The van der Waals surface area contributed by atoms with Crippen molar-refractivity contribution < 1.29 is 0 Å². The van der Waals surface area contributed by atoms with Gasteiger partial charge in [-0.3, -0.25) is 0 Å². The zero-order valence-corrected chi connectivity index (χ0v) is 11.1. The van der Waals surface area contributed by atoms with E-state index in [1.807, 2.05) is 0 Å². The number of rotatable bonds is 1. The van der Waals surface area contributed by atoms with Crippen molar-refractivity contribution >= 4 is 11.6 Å². The highest BCUT2D eigenvalue weighted by molar-refractivity contribution is 6.21. The van der Waals surface area contributed by atoms with Gasteiger partial charge in [-0.25, -0.2) is 0 Å². The molecule has 1 aromatic rings. The average Bonchev–Trinajstić information content (AvgIpc) is 2.47. The molecule has 0 N–H and O–H groups in total. The van der Waals surface area contributed by atoms with E-state index in [2.05, 4.69) is 32.0 Å². The predicted molar refractivity (Wildman–Crippen MR) is 71.4 cm³/mol. The molecule has 0 aliphatic heterocycles. The van der Waals surface area contributed by atoms with Crippen molar-refractivity contribution in [2.24, 2.45) is 0 Å². The smallest absolute Gasteiger partial charge is 0.0404 e. The van der Waals surface area contributed by atoms with Crippen LogP contribution in [0, 0.1) is 13.8 Å². The molecular formula is C15H21Cl. The molecule has 1 aliphatic rings. The summed E-state index contributed by atoms with van der Waals surface area (Å²) in [5.41, 5.74) is 4.33. The van der Waals surface area contributed by atoms with Gasteiger partial charge in [0.25, 0.3) is 0 Å². The highest BCUT2D eigenvalue weighted by Crippen LogP contribution is 2.37. The normalized spacial score (nSPS) is 26.4. The largest absolute Gasteiger partial charge is 0.122 e. The van der Waals surface area contributed by atoms with Crippen molar-refractivity contribution in [1.29, 1.82) is 0 Å². The molecule has 16 heavy (non-hydrogen) atoms. The Hall–Kier alpha value is -0.490. The molecule has 2 atom stereocenters. The zero-order valence-electron chi connectivity index (χ0n) is 10.3. The highest BCUT2D eigenvalue weighted by atomic mass is 35.5. The Kier molecular flexibility index (Phi) is 3.91. The van der Waals surface area contributed by atoms with Crippen LogP contribution in [-0.4, -0.2) is 5.38 Å². The molecule has 2 unspecified atom stereocenters. The van der Waals surface area contributed by atoms with Gasteiger partial charge in [0, 0.05) is 11.3 Å². The molecule has 0 amide bonds. The van der Waals surface area contributed by atoms with Crippen LogP contribution in [-0.2, 0) is 0 Å². The summed E-state index contributed by atoms with van der Waals surface area (Å²) in [7, 11) is 0. The van der Waals surface area contributed by atoms with Gasteiger partial charge in [0.05, 0.1) is 0 Å². The molecule has 1 fully saturated rings. The third kappa shape index (κ3) is 2.43. The Morgan fingerprint density at radius 3 is 2.62 bits per heavy atom. The van der Waals surface area contributed by atoms with Gasteiger partial charge in [0.15, 0.2) is 0 Å². The molecule has 0 heterocycles. The molecule has 0 spiro atoms. The Morgan fingerprint density at radius 1 is 1.06 bits per heavy atom. The quantitative estimate of drug-likeness (QED) is 0.478. The molecule has 0 radical (unpaired) electrons. The summed E-state index contributed by atoms with van der Waals surface area (Å²) < 4.78 is 0. The van der Waals surface area contributed by atoms with Gasteiger partial charge in [0.1, 0.15) is 0 Å². The molecule has 1 heteroatoms. The van der Waals surface area contributed by atoms with Crippen molar-refractivity contribution in [2.75, 3.05) is 0 Å². The molecule has 0 aromatic heterocycles. The summed E-state index contributed by atoms with van der Waals surface area (Å²) in [5, 5.41) is 0.336. The third-order valence-corrected chi connectivity index (χ3v) is 4.50. The van der Waals surface area contributed by atoms with Crippen LogP contribution in [0.2, 0.25) is 0 Å². The maximum Gasteiger partial charge on any atom is 0.0404 e. The summed E-state index contributed by atoms with van der Waals surface area (Å²) in [4.78, 5) is 0. The highest BCUT2D eigenvalue weighted by Gasteiger charge is 2.24. The lowest BCUT2D eigenvalue weighted by molar-refractivity contribution is 0.596. The molecule has 0 nitrogen and oxygen atoms in total.